The van der Waals surface area contributed by atoms with Gasteiger partial charge >= 0.3 is 0 Å². The summed E-state index contributed by atoms with van der Waals surface area (Å²) in [4.78, 5) is 15.6. The molecule has 20 heavy (non-hydrogen) atoms. The van der Waals surface area contributed by atoms with Crippen LogP contribution in [0, 0.1) is 35.0 Å². The van der Waals surface area contributed by atoms with Crippen molar-refractivity contribution in [2.45, 2.75) is 57.8 Å². The molecule has 5 saturated carbocycles. The average Bonchev–Trinajstić information content (AvgIpc) is 2.96. The van der Waals surface area contributed by atoms with E-state index < -0.39 is 0 Å². The molecule has 6 rings (SSSR count). The number of nitrogens with zero attached hydrogens (tertiary/aromatic N) is 1. The largest absolute Gasteiger partial charge is 0.342 e. The third kappa shape index (κ3) is 1.60. The van der Waals surface area contributed by atoms with E-state index in [9.17, 15) is 4.79 Å². The third-order valence-corrected chi connectivity index (χ3v) is 7.51. The number of fused-ring (bicyclic) bond motifs is 1. The van der Waals surface area contributed by atoms with Crippen molar-refractivity contribution in [1.29, 1.82) is 0 Å². The Bertz CT molecular complexity index is 395. The monoisotopic (exact) mass is 273 g/mol. The minimum Gasteiger partial charge on any atom is -0.342 e. The van der Waals surface area contributed by atoms with Crippen LogP contribution in [0.5, 0.6) is 0 Å². The van der Waals surface area contributed by atoms with E-state index in [4.69, 9.17) is 0 Å². The number of rotatable bonds is 1. The highest BCUT2D eigenvalue weighted by molar-refractivity contribution is 5.83. The SMILES string of the molecule is O=C(N1CC2CCCC2C1)C12CC3CC(CC(C3)C1)C2. The summed E-state index contributed by atoms with van der Waals surface area (Å²) in [5, 5.41) is 0. The van der Waals surface area contributed by atoms with Gasteiger partial charge in [0.25, 0.3) is 0 Å². The van der Waals surface area contributed by atoms with E-state index in [0.29, 0.717) is 5.91 Å². The lowest BCUT2D eigenvalue weighted by Crippen LogP contribution is -2.54. The van der Waals surface area contributed by atoms with Gasteiger partial charge in [-0.3, -0.25) is 4.79 Å². The predicted octanol–water partition coefficient (Wildman–Crippen LogP) is 3.46. The number of hydrogen-bond donors (Lipinski definition) is 0. The molecule has 1 amide bonds. The summed E-state index contributed by atoms with van der Waals surface area (Å²) in [5.74, 6) is 4.98. The van der Waals surface area contributed by atoms with Crippen molar-refractivity contribution in [3.8, 4) is 0 Å². The summed E-state index contributed by atoms with van der Waals surface area (Å²) in [6.45, 7) is 2.20. The molecule has 0 aromatic heterocycles. The lowest BCUT2D eigenvalue weighted by molar-refractivity contribution is -0.156. The molecule has 0 N–H and O–H groups in total. The number of likely N-dealkylation sites (tertiary alicyclic amines) is 1. The first-order valence-electron chi connectivity index (χ1n) is 9.01. The van der Waals surface area contributed by atoms with Crippen LogP contribution >= 0.6 is 0 Å². The molecule has 0 aromatic carbocycles. The molecule has 2 nitrogen and oxygen atoms in total. The van der Waals surface area contributed by atoms with Crippen LogP contribution < -0.4 is 0 Å². The highest BCUT2D eigenvalue weighted by atomic mass is 16.2. The average molecular weight is 273 g/mol. The van der Waals surface area contributed by atoms with E-state index in [2.05, 4.69) is 4.90 Å². The molecule has 0 radical (unpaired) electrons. The molecule has 1 saturated heterocycles. The second-order valence-electron chi connectivity index (χ2n) is 8.86. The molecule has 1 heterocycles. The molecule has 1 aliphatic heterocycles. The van der Waals surface area contributed by atoms with Crippen LogP contribution in [0.4, 0.5) is 0 Å². The minimum atomic E-state index is 0.105. The fourth-order valence-electron chi connectivity index (χ4n) is 7.11. The van der Waals surface area contributed by atoms with Crippen LogP contribution in [0.2, 0.25) is 0 Å². The van der Waals surface area contributed by atoms with Gasteiger partial charge in [0.1, 0.15) is 0 Å². The molecular formula is C18H27NO. The first-order chi connectivity index (χ1) is 9.72. The van der Waals surface area contributed by atoms with E-state index >= 15 is 0 Å². The first kappa shape index (κ1) is 12.1. The second-order valence-corrected chi connectivity index (χ2v) is 8.86. The van der Waals surface area contributed by atoms with Gasteiger partial charge in [0.05, 0.1) is 5.41 Å². The molecule has 2 heteroatoms. The molecule has 5 aliphatic carbocycles. The Balaban J connectivity index is 1.38. The lowest BCUT2D eigenvalue weighted by Gasteiger charge is -2.56. The molecule has 6 aliphatic rings. The molecular weight excluding hydrogens is 246 g/mol. The second kappa shape index (κ2) is 4.01. The Hall–Kier alpha value is -0.530. The Morgan fingerprint density at radius 1 is 0.850 bits per heavy atom. The van der Waals surface area contributed by atoms with Crippen molar-refractivity contribution in [3.63, 3.8) is 0 Å². The van der Waals surface area contributed by atoms with Gasteiger partial charge in [0, 0.05) is 13.1 Å². The summed E-state index contributed by atoms with van der Waals surface area (Å²) in [6, 6.07) is 0. The molecule has 110 valence electrons. The number of amides is 1. The molecule has 2 atom stereocenters. The predicted molar refractivity (Wildman–Crippen MR) is 78.0 cm³/mol. The van der Waals surface area contributed by atoms with Gasteiger partial charge in [0.15, 0.2) is 0 Å². The van der Waals surface area contributed by atoms with Gasteiger partial charge < -0.3 is 4.90 Å². The summed E-state index contributed by atoms with van der Waals surface area (Å²) in [5.41, 5.74) is 0.105. The molecule has 0 aromatic rings. The Labute approximate surface area is 122 Å². The van der Waals surface area contributed by atoms with Gasteiger partial charge in [-0.25, -0.2) is 0 Å². The van der Waals surface area contributed by atoms with Gasteiger partial charge in [-0.05, 0) is 81.0 Å². The van der Waals surface area contributed by atoms with Gasteiger partial charge in [-0.2, -0.15) is 0 Å². The summed E-state index contributed by atoms with van der Waals surface area (Å²) in [7, 11) is 0. The quantitative estimate of drug-likeness (QED) is 0.716. The lowest BCUT2D eigenvalue weighted by atomic mass is 9.49. The maximum absolute atomic E-state index is 13.3. The van der Waals surface area contributed by atoms with E-state index in [0.717, 1.165) is 42.7 Å². The molecule has 6 fully saturated rings. The Morgan fingerprint density at radius 3 is 1.85 bits per heavy atom. The van der Waals surface area contributed by atoms with Crippen LogP contribution in [0.15, 0.2) is 0 Å². The van der Waals surface area contributed by atoms with Crippen molar-refractivity contribution in [1.82, 2.24) is 4.90 Å². The zero-order valence-electron chi connectivity index (χ0n) is 12.5. The molecule has 4 bridgehead atoms. The van der Waals surface area contributed by atoms with Crippen molar-refractivity contribution in [2.75, 3.05) is 13.1 Å². The summed E-state index contributed by atoms with van der Waals surface area (Å²) in [6.07, 6.45) is 12.2. The number of carbonyl (C=O) groups excluding carboxylic acids is 1. The maximum atomic E-state index is 13.3. The number of hydrogen-bond acceptors (Lipinski definition) is 1. The summed E-state index contributed by atoms with van der Waals surface area (Å²) >= 11 is 0. The van der Waals surface area contributed by atoms with Gasteiger partial charge in [-0.1, -0.05) is 6.42 Å². The van der Waals surface area contributed by atoms with Crippen molar-refractivity contribution < 1.29 is 4.79 Å². The van der Waals surface area contributed by atoms with E-state index in [1.165, 1.54) is 57.8 Å². The van der Waals surface area contributed by atoms with Crippen molar-refractivity contribution in [3.05, 3.63) is 0 Å². The molecule has 0 spiro atoms. The van der Waals surface area contributed by atoms with E-state index in [-0.39, 0.29) is 5.41 Å². The van der Waals surface area contributed by atoms with Crippen LogP contribution in [0.25, 0.3) is 0 Å². The smallest absolute Gasteiger partial charge is 0.228 e. The highest BCUT2D eigenvalue weighted by Crippen LogP contribution is 2.61. The maximum Gasteiger partial charge on any atom is 0.228 e. The Kier molecular flexibility index (Phi) is 2.42. The van der Waals surface area contributed by atoms with Crippen LogP contribution in [0.1, 0.15) is 57.8 Å². The van der Waals surface area contributed by atoms with Crippen LogP contribution in [-0.4, -0.2) is 23.9 Å². The van der Waals surface area contributed by atoms with Crippen molar-refractivity contribution in [2.24, 2.45) is 35.0 Å². The first-order valence-corrected chi connectivity index (χ1v) is 9.01. The number of carbonyl (C=O) groups is 1. The van der Waals surface area contributed by atoms with Crippen LogP contribution in [-0.2, 0) is 4.79 Å². The molecule has 2 unspecified atom stereocenters. The minimum absolute atomic E-state index is 0.105. The standard InChI is InChI=1S/C18H27NO/c20-17(19-10-15-2-1-3-16(15)11-19)18-7-12-4-13(8-18)6-14(5-12)9-18/h12-16H,1-11H2. The zero-order chi connectivity index (χ0) is 13.3. The van der Waals surface area contributed by atoms with Gasteiger partial charge in [0.2, 0.25) is 5.91 Å². The highest BCUT2D eigenvalue weighted by Gasteiger charge is 2.56. The fraction of sp³-hybridized carbons (Fsp3) is 0.944. The van der Waals surface area contributed by atoms with Crippen LogP contribution in [0.3, 0.4) is 0 Å². The normalized spacial score (nSPS) is 52.6. The van der Waals surface area contributed by atoms with Gasteiger partial charge in [-0.15, -0.1) is 0 Å². The summed E-state index contributed by atoms with van der Waals surface area (Å²) < 4.78 is 0. The van der Waals surface area contributed by atoms with E-state index in [1.54, 1.807) is 0 Å². The Morgan fingerprint density at radius 2 is 1.35 bits per heavy atom. The topological polar surface area (TPSA) is 20.3 Å². The fourth-order valence-corrected chi connectivity index (χ4v) is 7.11. The third-order valence-electron chi connectivity index (χ3n) is 7.51. The van der Waals surface area contributed by atoms with E-state index in [1.807, 2.05) is 0 Å². The van der Waals surface area contributed by atoms with Crippen molar-refractivity contribution >= 4 is 5.91 Å². The zero-order valence-corrected chi connectivity index (χ0v) is 12.5.